The third-order valence-corrected chi connectivity index (χ3v) is 6.23. The van der Waals surface area contributed by atoms with Crippen molar-refractivity contribution in [1.29, 1.82) is 0 Å². The molecule has 0 radical (unpaired) electrons. The van der Waals surface area contributed by atoms with Gasteiger partial charge in [-0.2, -0.15) is 0 Å². The number of benzene rings is 1. The summed E-state index contributed by atoms with van der Waals surface area (Å²) in [4.78, 5) is 13.6. The summed E-state index contributed by atoms with van der Waals surface area (Å²) in [6.07, 6.45) is 3.60. The molecule has 3 rings (SSSR count). The number of hydrogen-bond donors (Lipinski definition) is 2. The third-order valence-electron chi connectivity index (χ3n) is 6.23. The normalized spacial score (nSPS) is 35.4. The number of likely N-dealkylation sites (N-methyl/N-ethyl adjacent to an activating group) is 1. The first-order chi connectivity index (χ1) is 10.3. The quantitative estimate of drug-likeness (QED) is 0.881. The van der Waals surface area contributed by atoms with Gasteiger partial charge in [0.1, 0.15) is 0 Å². The lowest BCUT2D eigenvalue weighted by Crippen LogP contribution is -2.64. The highest BCUT2D eigenvalue weighted by Gasteiger charge is 2.60. The summed E-state index contributed by atoms with van der Waals surface area (Å²) in [7, 11) is 2.06. The van der Waals surface area contributed by atoms with E-state index >= 15 is 0 Å². The van der Waals surface area contributed by atoms with Crippen LogP contribution >= 0.6 is 0 Å². The van der Waals surface area contributed by atoms with Gasteiger partial charge >= 0.3 is 5.97 Å². The summed E-state index contributed by atoms with van der Waals surface area (Å²) in [5.41, 5.74) is 1.35. The molecular formula is C18H25NO3. The molecule has 3 atom stereocenters. The second-order valence-electron chi connectivity index (χ2n) is 7.10. The maximum absolute atomic E-state index is 11.5. The molecule has 0 spiro atoms. The molecule has 4 heteroatoms. The molecule has 22 heavy (non-hydrogen) atoms. The Bertz CT molecular complexity index is 614. The maximum atomic E-state index is 11.5. The molecule has 2 aliphatic rings. The second-order valence-corrected chi connectivity index (χ2v) is 7.10. The standard InChI is InChI=1S/C18H25NO3/c1-12-5-6-14(16(20)21)11-15(12)17-7-4-8-18(17,22)13(2)19(3)10-9-17/h5-6,11,13,22H,4,7-10H2,1-3H3,(H,20,21)/t13?,17-,18?/m0/s1. The van der Waals surface area contributed by atoms with Gasteiger partial charge in [-0.05, 0) is 76.4 Å². The van der Waals surface area contributed by atoms with Crippen molar-refractivity contribution >= 4 is 5.97 Å². The molecule has 2 fully saturated rings. The summed E-state index contributed by atoms with van der Waals surface area (Å²) >= 11 is 0. The fraction of sp³-hybridized carbons (Fsp3) is 0.611. The Morgan fingerprint density at radius 3 is 2.73 bits per heavy atom. The minimum absolute atomic E-state index is 0.0802. The molecule has 1 saturated heterocycles. The van der Waals surface area contributed by atoms with Gasteiger partial charge in [-0.25, -0.2) is 4.79 Å². The zero-order valence-corrected chi connectivity index (χ0v) is 13.6. The Morgan fingerprint density at radius 2 is 2.05 bits per heavy atom. The van der Waals surface area contributed by atoms with E-state index in [2.05, 4.69) is 18.9 Å². The van der Waals surface area contributed by atoms with Crippen LogP contribution in [0.25, 0.3) is 0 Å². The van der Waals surface area contributed by atoms with Crippen LogP contribution in [0.4, 0.5) is 0 Å². The van der Waals surface area contributed by atoms with Crippen LogP contribution in [0.1, 0.15) is 54.1 Å². The molecule has 0 bridgehead atoms. The van der Waals surface area contributed by atoms with Gasteiger partial charge in [0.25, 0.3) is 0 Å². The van der Waals surface area contributed by atoms with Crippen LogP contribution in [0.2, 0.25) is 0 Å². The van der Waals surface area contributed by atoms with Crippen molar-refractivity contribution in [2.24, 2.45) is 0 Å². The third kappa shape index (κ3) is 1.94. The number of piperidine rings is 1. The van der Waals surface area contributed by atoms with Crippen molar-refractivity contribution in [2.75, 3.05) is 13.6 Å². The van der Waals surface area contributed by atoms with Gasteiger partial charge in [-0.3, -0.25) is 0 Å². The molecule has 4 nitrogen and oxygen atoms in total. The van der Waals surface area contributed by atoms with Crippen LogP contribution in [0.5, 0.6) is 0 Å². The molecule has 1 aromatic carbocycles. The zero-order chi connectivity index (χ0) is 16.1. The van der Waals surface area contributed by atoms with E-state index in [0.717, 1.165) is 43.4 Å². The van der Waals surface area contributed by atoms with Crippen LogP contribution in [0.3, 0.4) is 0 Å². The van der Waals surface area contributed by atoms with E-state index < -0.39 is 11.6 Å². The molecule has 1 saturated carbocycles. The number of aliphatic hydroxyl groups is 1. The van der Waals surface area contributed by atoms with Gasteiger partial charge < -0.3 is 15.1 Å². The lowest BCUT2D eigenvalue weighted by Gasteiger charge is -2.54. The van der Waals surface area contributed by atoms with Crippen molar-refractivity contribution in [2.45, 2.75) is 56.6 Å². The first-order valence-electron chi connectivity index (χ1n) is 8.09. The van der Waals surface area contributed by atoms with Gasteiger partial charge in [-0.15, -0.1) is 0 Å². The summed E-state index contributed by atoms with van der Waals surface area (Å²) in [5, 5.41) is 20.8. The number of fused-ring (bicyclic) bond motifs is 1. The van der Waals surface area contributed by atoms with Crippen molar-refractivity contribution in [1.82, 2.24) is 4.90 Å². The maximum Gasteiger partial charge on any atom is 0.335 e. The van der Waals surface area contributed by atoms with E-state index in [0.29, 0.717) is 5.56 Å². The highest BCUT2D eigenvalue weighted by molar-refractivity contribution is 5.88. The molecule has 2 N–H and O–H groups in total. The number of rotatable bonds is 2. The second kappa shape index (κ2) is 5.07. The Morgan fingerprint density at radius 1 is 1.32 bits per heavy atom. The minimum atomic E-state index is -0.903. The SMILES string of the molecule is Cc1ccc(C(=O)O)cc1[C@@]12CCCC1(O)C(C)N(C)CC2. The molecule has 1 heterocycles. The molecule has 1 aliphatic carbocycles. The topological polar surface area (TPSA) is 60.8 Å². The number of aromatic carboxylic acids is 1. The summed E-state index contributed by atoms with van der Waals surface area (Å²) < 4.78 is 0. The average Bonchev–Trinajstić information content (AvgIpc) is 2.83. The molecule has 0 aromatic heterocycles. The predicted octanol–water partition coefficient (Wildman–Crippen LogP) is 2.57. The molecule has 1 aromatic rings. The largest absolute Gasteiger partial charge is 0.478 e. The molecule has 1 aliphatic heterocycles. The lowest BCUT2D eigenvalue weighted by atomic mass is 9.61. The van der Waals surface area contributed by atoms with E-state index in [-0.39, 0.29) is 11.5 Å². The first-order valence-corrected chi connectivity index (χ1v) is 8.09. The average molecular weight is 303 g/mol. The predicted molar refractivity (Wildman–Crippen MR) is 85.3 cm³/mol. The van der Waals surface area contributed by atoms with E-state index in [1.165, 1.54) is 0 Å². The van der Waals surface area contributed by atoms with Crippen molar-refractivity contribution < 1.29 is 15.0 Å². The number of nitrogens with zero attached hydrogens (tertiary/aromatic N) is 1. The van der Waals surface area contributed by atoms with E-state index in [4.69, 9.17) is 0 Å². The number of carboxylic acid groups (broad SMARTS) is 1. The van der Waals surface area contributed by atoms with Gasteiger partial charge in [0.2, 0.25) is 0 Å². The monoisotopic (exact) mass is 303 g/mol. The number of carboxylic acids is 1. The Labute approximate surface area is 131 Å². The number of aryl methyl sites for hydroxylation is 1. The van der Waals surface area contributed by atoms with Crippen molar-refractivity contribution in [3.8, 4) is 0 Å². The molecular weight excluding hydrogens is 278 g/mol. The van der Waals surface area contributed by atoms with E-state index in [1.807, 2.05) is 13.0 Å². The summed E-state index contributed by atoms with van der Waals surface area (Å²) in [5.74, 6) is -0.903. The smallest absolute Gasteiger partial charge is 0.335 e. The van der Waals surface area contributed by atoms with Gasteiger partial charge in [-0.1, -0.05) is 6.07 Å². The molecule has 2 unspecified atom stereocenters. The Hall–Kier alpha value is -1.39. The minimum Gasteiger partial charge on any atom is -0.478 e. The Kier molecular flexibility index (Phi) is 3.57. The van der Waals surface area contributed by atoms with Crippen molar-refractivity contribution in [3.63, 3.8) is 0 Å². The van der Waals surface area contributed by atoms with Crippen LogP contribution in [-0.4, -0.2) is 46.3 Å². The van der Waals surface area contributed by atoms with E-state index in [9.17, 15) is 15.0 Å². The van der Waals surface area contributed by atoms with Crippen LogP contribution in [0, 0.1) is 6.92 Å². The van der Waals surface area contributed by atoms with Crippen molar-refractivity contribution in [3.05, 3.63) is 34.9 Å². The van der Waals surface area contributed by atoms with E-state index in [1.54, 1.807) is 12.1 Å². The number of carbonyl (C=O) groups is 1. The number of likely N-dealkylation sites (tertiary alicyclic amines) is 1. The van der Waals surface area contributed by atoms with Gasteiger partial charge in [0.05, 0.1) is 11.2 Å². The summed E-state index contributed by atoms with van der Waals surface area (Å²) in [6.45, 7) is 5.05. The molecule has 120 valence electrons. The summed E-state index contributed by atoms with van der Waals surface area (Å²) in [6, 6.07) is 5.42. The highest BCUT2D eigenvalue weighted by Crippen LogP contribution is 2.56. The lowest BCUT2D eigenvalue weighted by molar-refractivity contribution is -0.110. The molecule has 0 amide bonds. The zero-order valence-electron chi connectivity index (χ0n) is 13.6. The van der Waals surface area contributed by atoms with Crippen LogP contribution in [0.15, 0.2) is 18.2 Å². The van der Waals surface area contributed by atoms with Crippen LogP contribution in [-0.2, 0) is 5.41 Å². The number of hydrogen-bond acceptors (Lipinski definition) is 3. The van der Waals surface area contributed by atoms with Gasteiger partial charge in [0, 0.05) is 11.5 Å². The Balaban J connectivity index is 2.17. The van der Waals surface area contributed by atoms with Gasteiger partial charge in [0.15, 0.2) is 0 Å². The highest BCUT2D eigenvalue weighted by atomic mass is 16.4. The fourth-order valence-corrected chi connectivity index (χ4v) is 4.76. The van der Waals surface area contributed by atoms with Crippen LogP contribution < -0.4 is 0 Å². The fourth-order valence-electron chi connectivity index (χ4n) is 4.76. The first kappa shape index (κ1) is 15.5.